The van der Waals surface area contributed by atoms with Gasteiger partial charge in [-0.2, -0.15) is 5.10 Å². The van der Waals surface area contributed by atoms with Gasteiger partial charge in [0.25, 0.3) is 0 Å². The predicted molar refractivity (Wildman–Crippen MR) is 114 cm³/mol. The van der Waals surface area contributed by atoms with Crippen LogP contribution in [0.2, 0.25) is 0 Å². The van der Waals surface area contributed by atoms with E-state index in [1.807, 2.05) is 12.1 Å². The standard InChI is InChI=1S/C21H22BrN5/c1-26-7-9-27(10-8-26)17-5-6-18-14(11-17)12-19-20(18)24-25-21(19)23-16-4-2-3-15(22)13-16/h2-6,11,13H,7-10,12H2,1H3,(H2,23,24,25). The number of piperazine rings is 1. The molecule has 2 aliphatic rings. The maximum atomic E-state index is 4.51. The Hall–Kier alpha value is -2.31. The smallest absolute Gasteiger partial charge is 0.156 e. The van der Waals surface area contributed by atoms with Crippen molar-refractivity contribution in [3.8, 4) is 11.3 Å². The molecule has 6 heteroatoms. The summed E-state index contributed by atoms with van der Waals surface area (Å²) in [6.45, 7) is 4.44. The van der Waals surface area contributed by atoms with Gasteiger partial charge in [-0.3, -0.25) is 5.10 Å². The molecule has 0 amide bonds. The first kappa shape index (κ1) is 16.8. The van der Waals surface area contributed by atoms with Crippen LogP contribution in [0, 0.1) is 0 Å². The third-order valence-electron chi connectivity index (χ3n) is 5.55. The highest BCUT2D eigenvalue weighted by molar-refractivity contribution is 9.10. The molecule has 27 heavy (non-hydrogen) atoms. The fraction of sp³-hybridized carbons (Fsp3) is 0.286. The van der Waals surface area contributed by atoms with Crippen LogP contribution in [0.15, 0.2) is 46.9 Å². The third-order valence-corrected chi connectivity index (χ3v) is 6.04. The molecular weight excluding hydrogens is 402 g/mol. The zero-order valence-corrected chi connectivity index (χ0v) is 16.9. The zero-order chi connectivity index (χ0) is 18.4. The summed E-state index contributed by atoms with van der Waals surface area (Å²) < 4.78 is 1.06. The van der Waals surface area contributed by atoms with Gasteiger partial charge in [0, 0.05) is 59.6 Å². The lowest BCUT2D eigenvalue weighted by Gasteiger charge is -2.34. The van der Waals surface area contributed by atoms with Gasteiger partial charge in [0.2, 0.25) is 0 Å². The minimum absolute atomic E-state index is 0.916. The highest BCUT2D eigenvalue weighted by Crippen LogP contribution is 2.41. The summed E-state index contributed by atoms with van der Waals surface area (Å²) in [7, 11) is 2.19. The van der Waals surface area contributed by atoms with E-state index in [-0.39, 0.29) is 0 Å². The lowest BCUT2D eigenvalue weighted by atomic mass is 10.1. The predicted octanol–water partition coefficient (Wildman–Crippen LogP) is 4.24. The van der Waals surface area contributed by atoms with Crippen LogP contribution in [0.5, 0.6) is 0 Å². The van der Waals surface area contributed by atoms with Crippen molar-refractivity contribution in [1.82, 2.24) is 15.1 Å². The number of benzene rings is 2. The number of nitrogens with one attached hydrogen (secondary N) is 2. The summed E-state index contributed by atoms with van der Waals surface area (Å²) in [5.41, 5.74) is 7.42. The lowest BCUT2D eigenvalue weighted by Crippen LogP contribution is -2.44. The molecule has 2 aromatic carbocycles. The molecule has 0 saturated carbocycles. The Morgan fingerprint density at radius 1 is 1.07 bits per heavy atom. The normalized spacial score (nSPS) is 16.3. The monoisotopic (exact) mass is 423 g/mol. The topological polar surface area (TPSA) is 47.2 Å². The maximum Gasteiger partial charge on any atom is 0.156 e. The number of hydrogen-bond acceptors (Lipinski definition) is 4. The molecule has 5 rings (SSSR count). The van der Waals surface area contributed by atoms with E-state index in [0.717, 1.165) is 54.3 Å². The summed E-state index contributed by atoms with van der Waals surface area (Å²) in [4.78, 5) is 4.88. The summed E-state index contributed by atoms with van der Waals surface area (Å²) >= 11 is 3.53. The third kappa shape index (κ3) is 3.13. The largest absolute Gasteiger partial charge is 0.369 e. The van der Waals surface area contributed by atoms with E-state index in [2.05, 4.69) is 78.6 Å². The number of fused-ring (bicyclic) bond motifs is 3. The fourth-order valence-corrected chi connectivity index (χ4v) is 4.39. The van der Waals surface area contributed by atoms with Crippen molar-refractivity contribution < 1.29 is 0 Å². The van der Waals surface area contributed by atoms with E-state index in [1.54, 1.807) is 0 Å². The fourth-order valence-electron chi connectivity index (χ4n) is 3.99. The number of aromatic amines is 1. The Labute approximate surface area is 167 Å². The average molecular weight is 424 g/mol. The SMILES string of the molecule is CN1CCN(c2ccc3c(c2)Cc2c(Nc4cccc(Br)c4)n[nH]c2-3)CC1. The summed E-state index contributed by atoms with van der Waals surface area (Å²) in [5.74, 6) is 0.917. The second-order valence-corrected chi connectivity index (χ2v) is 8.29. The Kier molecular flexibility index (Phi) is 4.17. The van der Waals surface area contributed by atoms with E-state index in [0.29, 0.717) is 0 Å². The molecule has 0 unspecified atom stereocenters. The second kappa shape index (κ2) is 6.69. The van der Waals surface area contributed by atoms with Crippen LogP contribution in [0.3, 0.4) is 0 Å². The van der Waals surface area contributed by atoms with Crippen molar-refractivity contribution >= 4 is 33.1 Å². The number of anilines is 3. The van der Waals surface area contributed by atoms with E-state index in [1.165, 1.54) is 22.4 Å². The van der Waals surface area contributed by atoms with Crippen molar-refractivity contribution in [3.05, 3.63) is 58.1 Å². The Balaban J connectivity index is 1.40. The van der Waals surface area contributed by atoms with Crippen LogP contribution in [0.25, 0.3) is 11.3 Å². The highest BCUT2D eigenvalue weighted by atomic mass is 79.9. The van der Waals surface area contributed by atoms with Crippen LogP contribution >= 0.6 is 15.9 Å². The first-order valence-electron chi connectivity index (χ1n) is 9.34. The summed E-state index contributed by atoms with van der Waals surface area (Å²) in [6.07, 6.45) is 0.916. The Morgan fingerprint density at radius 3 is 2.74 bits per heavy atom. The molecule has 3 aromatic rings. The van der Waals surface area contributed by atoms with Gasteiger partial charge in [0.05, 0.1) is 5.69 Å². The van der Waals surface area contributed by atoms with Gasteiger partial charge in [-0.1, -0.05) is 28.1 Å². The van der Waals surface area contributed by atoms with Gasteiger partial charge in [-0.15, -0.1) is 0 Å². The molecule has 0 spiro atoms. The molecule has 0 radical (unpaired) electrons. The zero-order valence-electron chi connectivity index (χ0n) is 15.3. The van der Waals surface area contributed by atoms with Crippen molar-refractivity contribution in [2.75, 3.05) is 43.4 Å². The van der Waals surface area contributed by atoms with Crippen molar-refractivity contribution in [2.45, 2.75) is 6.42 Å². The highest BCUT2D eigenvalue weighted by Gasteiger charge is 2.26. The molecule has 1 fully saturated rings. The summed E-state index contributed by atoms with van der Waals surface area (Å²) in [6, 6.07) is 15.0. The molecule has 0 atom stereocenters. The van der Waals surface area contributed by atoms with Crippen molar-refractivity contribution in [2.24, 2.45) is 0 Å². The molecule has 5 nitrogen and oxygen atoms in total. The van der Waals surface area contributed by atoms with Gasteiger partial charge < -0.3 is 15.1 Å². The molecule has 138 valence electrons. The van der Waals surface area contributed by atoms with Crippen LogP contribution in [0.1, 0.15) is 11.1 Å². The van der Waals surface area contributed by atoms with Crippen molar-refractivity contribution in [3.63, 3.8) is 0 Å². The first-order valence-corrected chi connectivity index (χ1v) is 10.1. The van der Waals surface area contributed by atoms with E-state index in [9.17, 15) is 0 Å². The number of likely N-dealkylation sites (N-methyl/N-ethyl adjacent to an activating group) is 1. The van der Waals surface area contributed by atoms with Gasteiger partial charge in [0.1, 0.15) is 0 Å². The van der Waals surface area contributed by atoms with E-state index < -0.39 is 0 Å². The quantitative estimate of drug-likeness (QED) is 0.517. The van der Waals surface area contributed by atoms with E-state index >= 15 is 0 Å². The molecule has 1 aromatic heterocycles. The molecule has 0 bridgehead atoms. The molecular formula is C21H22BrN5. The summed E-state index contributed by atoms with van der Waals surface area (Å²) in [5, 5.41) is 11.2. The Morgan fingerprint density at radius 2 is 1.93 bits per heavy atom. The van der Waals surface area contributed by atoms with Crippen LogP contribution in [0.4, 0.5) is 17.2 Å². The van der Waals surface area contributed by atoms with Crippen LogP contribution < -0.4 is 10.2 Å². The van der Waals surface area contributed by atoms with Crippen LogP contribution in [-0.2, 0) is 6.42 Å². The van der Waals surface area contributed by atoms with Crippen molar-refractivity contribution in [1.29, 1.82) is 0 Å². The molecule has 1 aliphatic heterocycles. The minimum atomic E-state index is 0.916. The Bertz CT molecular complexity index is 988. The molecule has 2 heterocycles. The van der Waals surface area contributed by atoms with Gasteiger partial charge in [-0.25, -0.2) is 0 Å². The average Bonchev–Trinajstić information content (AvgIpc) is 3.22. The van der Waals surface area contributed by atoms with Gasteiger partial charge in [0.15, 0.2) is 5.82 Å². The number of H-pyrrole nitrogens is 1. The van der Waals surface area contributed by atoms with Gasteiger partial charge in [-0.05, 0) is 42.9 Å². The molecule has 1 aliphatic carbocycles. The minimum Gasteiger partial charge on any atom is -0.369 e. The first-order chi connectivity index (χ1) is 13.2. The van der Waals surface area contributed by atoms with E-state index in [4.69, 9.17) is 0 Å². The number of halogens is 1. The number of aromatic nitrogens is 2. The number of rotatable bonds is 3. The van der Waals surface area contributed by atoms with Gasteiger partial charge >= 0.3 is 0 Å². The molecule has 2 N–H and O–H groups in total. The lowest BCUT2D eigenvalue weighted by molar-refractivity contribution is 0.313. The second-order valence-electron chi connectivity index (χ2n) is 7.37. The number of nitrogens with zero attached hydrogens (tertiary/aromatic N) is 3. The number of hydrogen-bond donors (Lipinski definition) is 2. The van der Waals surface area contributed by atoms with Crippen LogP contribution in [-0.4, -0.2) is 48.3 Å². The maximum absolute atomic E-state index is 4.51. The molecule has 1 saturated heterocycles.